The summed E-state index contributed by atoms with van der Waals surface area (Å²) in [5.74, 6) is -1.28. The molecule has 1 heterocycles. The number of methoxy groups -OCH3 is 3. The molecule has 4 aromatic rings. The van der Waals surface area contributed by atoms with Crippen molar-refractivity contribution in [1.29, 1.82) is 0 Å². The Hall–Kier alpha value is -4.60. The summed E-state index contributed by atoms with van der Waals surface area (Å²) in [5.41, 5.74) is 2.61. The van der Waals surface area contributed by atoms with Crippen LogP contribution in [0.2, 0.25) is 0 Å². The quantitative estimate of drug-likeness (QED) is 0.194. The Morgan fingerprint density at radius 1 is 0.769 bits per heavy atom. The van der Waals surface area contributed by atoms with Crippen LogP contribution < -0.4 is 30.2 Å². The van der Waals surface area contributed by atoms with Crippen LogP contribution in [0.15, 0.2) is 60.8 Å². The molecule has 0 saturated carbocycles. The van der Waals surface area contributed by atoms with Gasteiger partial charge in [0.2, 0.25) is 0 Å². The van der Waals surface area contributed by atoms with Gasteiger partial charge in [0.1, 0.15) is 23.1 Å². The van der Waals surface area contributed by atoms with Crippen LogP contribution in [0.25, 0.3) is 0 Å². The van der Waals surface area contributed by atoms with Crippen LogP contribution in [-0.4, -0.2) is 26.3 Å². The molecule has 204 valence electrons. The van der Waals surface area contributed by atoms with Crippen LogP contribution in [0.3, 0.4) is 0 Å². The Kier molecular flexibility index (Phi) is 8.65. The van der Waals surface area contributed by atoms with Gasteiger partial charge in [0.15, 0.2) is 23.1 Å². The Morgan fingerprint density at radius 3 is 2.05 bits per heavy atom. The van der Waals surface area contributed by atoms with Crippen molar-refractivity contribution in [3.05, 3.63) is 94.9 Å². The van der Waals surface area contributed by atoms with Crippen molar-refractivity contribution in [2.24, 2.45) is 0 Å². The third kappa shape index (κ3) is 6.11. The smallest absolute Gasteiger partial charge is 0.191 e. The first kappa shape index (κ1) is 27.4. The normalized spacial score (nSPS) is 10.6. The molecule has 0 unspecified atom stereocenters. The van der Waals surface area contributed by atoms with Crippen molar-refractivity contribution < 1.29 is 27.4 Å². The number of anilines is 4. The van der Waals surface area contributed by atoms with Crippen molar-refractivity contribution in [2.45, 2.75) is 20.0 Å². The van der Waals surface area contributed by atoms with E-state index >= 15 is 0 Å². The summed E-state index contributed by atoms with van der Waals surface area (Å²) >= 11 is 0. The Balaban J connectivity index is 1.66. The van der Waals surface area contributed by atoms with Gasteiger partial charge < -0.3 is 30.2 Å². The van der Waals surface area contributed by atoms with E-state index in [1.807, 2.05) is 31.2 Å². The van der Waals surface area contributed by atoms with E-state index < -0.39 is 23.1 Å². The fraction of sp³-hybridized carbons (Fsp3) is 0.207. The number of hydrogen-bond donors (Lipinski definition) is 3. The van der Waals surface area contributed by atoms with Crippen molar-refractivity contribution in [2.75, 3.05) is 37.3 Å². The number of nitrogens with one attached hydrogen (secondary N) is 3. The lowest BCUT2D eigenvalue weighted by molar-refractivity contribution is 0.360. The first-order chi connectivity index (χ1) is 18.9. The average Bonchev–Trinajstić information content (AvgIpc) is 2.95. The van der Waals surface area contributed by atoms with Gasteiger partial charge in [-0.05, 0) is 36.8 Å². The highest BCUT2D eigenvalue weighted by atomic mass is 19.1. The van der Waals surface area contributed by atoms with E-state index in [1.54, 1.807) is 31.5 Å². The minimum atomic E-state index is -0.901. The van der Waals surface area contributed by atoms with Gasteiger partial charge in [0.25, 0.3) is 0 Å². The third-order valence-corrected chi connectivity index (χ3v) is 6.18. The molecule has 0 saturated heterocycles. The fourth-order valence-electron chi connectivity index (χ4n) is 4.00. The number of halogens is 3. The minimum Gasteiger partial charge on any atom is -0.497 e. The van der Waals surface area contributed by atoms with Gasteiger partial charge in [-0.2, -0.15) is 0 Å². The van der Waals surface area contributed by atoms with Crippen LogP contribution in [-0.2, 0) is 13.1 Å². The predicted molar refractivity (Wildman–Crippen MR) is 146 cm³/mol. The van der Waals surface area contributed by atoms with Gasteiger partial charge in [-0.15, -0.1) is 0 Å². The van der Waals surface area contributed by atoms with E-state index in [4.69, 9.17) is 14.2 Å². The summed E-state index contributed by atoms with van der Waals surface area (Å²) in [6, 6.07) is 15.0. The van der Waals surface area contributed by atoms with Crippen LogP contribution in [0, 0.1) is 24.4 Å². The second-order valence-corrected chi connectivity index (χ2v) is 8.58. The van der Waals surface area contributed by atoms with Crippen LogP contribution >= 0.6 is 0 Å². The Morgan fingerprint density at radius 2 is 1.44 bits per heavy atom. The lowest BCUT2D eigenvalue weighted by Gasteiger charge is -2.20. The minimum absolute atomic E-state index is 0.0342. The molecule has 0 amide bonds. The SMILES string of the molecule is COc1ccc(CNc2ncc(CNc3c(F)c(OC)cc(OC)c3F)c(Nc3ccccc3F)c2C)cc1. The molecule has 0 bridgehead atoms. The number of para-hydroxylation sites is 1. The molecule has 4 rings (SSSR count). The lowest BCUT2D eigenvalue weighted by atomic mass is 10.1. The average molecular weight is 539 g/mol. The fourth-order valence-corrected chi connectivity index (χ4v) is 4.00. The highest BCUT2D eigenvalue weighted by molar-refractivity contribution is 5.72. The van der Waals surface area contributed by atoms with Crippen molar-refractivity contribution in [3.63, 3.8) is 0 Å². The van der Waals surface area contributed by atoms with Crippen LogP contribution in [0.5, 0.6) is 17.2 Å². The molecule has 10 heteroatoms. The molecule has 0 radical (unpaired) electrons. The summed E-state index contributed by atoms with van der Waals surface area (Å²) in [5, 5.41) is 9.21. The number of benzene rings is 3. The number of pyridine rings is 1. The molecule has 3 aromatic carbocycles. The molecule has 3 N–H and O–H groups in total. The molecule has 0 aliphatic heterocycles. The molecule has 0 aliphatic rings. The van der Waals surface area contributed by atoms with E-state index in [0.717, 1.165) is 17.4 Å². The van der Waals surface area contributed by atoms with E-state index in [0.29, 0.717) is 29.2 Å². The molecule has 0 spiro atoms. The number of nitrogens with zero attached hydrogens (tertiary/aromatic N) is 1. The first-order valence-electron chi connectivity index (χ1n) is 12.1. The Labute approximate surface area is 224 Å². The van der Waals surface area contributed by atoms with Crippen molar-refractivity contribution >= 4 is 22.9 Å². The second-order valence-electron chi connectivity index (χ2n) is 8.58. The maximum atomic E-state index is 14.9. The van der Waals surface area contributed by atoms with E-state index in [9.17, 15) is 13.2 Å². The van der Waals surface area contributed by atoms with Gasteiger partial charge in [-0.3, -0.25) is 0 Å². The molecule has 39 heavy (non-hydrogen) atoms. The number of rotatable bonds is 11. The van der Waals surface area contributed by atoms with Crippen LogP contribution in [0.4, 0.5) is 36.1 Å². The summed E-state index contributed by atoms with van der Waals surface area (Å²) in [6.45, 7) is 2.27. The van der Waals surface area contributed by atoms with Gasteiger partial charge >= 0.3 is 0 Å². The number of aromatic nitrogens is 1. The largest absolute Gasteiger partial charge is 0.497 e. The molecule has 1 aromatic heterocycles. The van der Waals surface area contributed by atoms with Gasteiger partial charge in [0, 0.05) is 36.5 Å². The molecular formula is C29H29F3N4O3. The monoisotopic (exact) mass is 538 g/mol. The van der Waals surface area contributed by atoms with E-state index in [-0.39, 0.29) is 23.7 Å². The number of ether oxygens (including phenoxy) is 3. The van der Waals surface area contributed by atoms with Gasteiger partial charge in [-0.25, -0.2) is 18.2 Å². The summed E-state index contributed by atoms with van der Waals surface area (Å²) in [4.78, 5) is 4.53. The van der Waals surface area contributed by atoms with E-state index in [2.05, 4.69) is 20.9 Å². The first-order valence-corrected chi connectivity index (χ1v) is 12.1. The van der Waals surface area contributed by atoms with Crippen molar-refractivity contribution in [3.8, 4) is 17.2 Å². The van der Waals surface area contributed by atoms with E-state index in [1.165, 1.54) is 20.3 Å². The third-order valence-electron chi connectivity index (χ3n) is 6.18. The maximum Gasteiger partial charge on any atom is 0.191 e. The Bertz CT molecular complexity index is 1420. The maximum absolute atomic E-state index is 14.9. The number of hydrogen-bond acceptors (Lipinski definition) is 7. The predicted octanol–water partition coefficient (Wildman–Crippen LogP) is 6.80. The second kappa shape index (κ2) is 12.3. The summed E-state index contributed by atoms with van der Waals surface area (Å²) in [7, 11) is 4.16. The molecular weight excluding hydrogens is 509 g/mol. The molecule has 0 atom stereocenters. The zero-order valence-electron chi connectivity index (χ0n) is 22.0. The highest BCUT2D eigenvalue weighted by Crippen LogP contribution is 2.36. The van der Waals surface area contributed by atoms with Gasteiger partial charge in [0.05, 0.1) is 32.7 Å². The summed E-state index contributed by atoms with van der Waals surface area (Å²) in [6.07, 6.45) is 1.56. The standard InChI is InChI=1S/C29H29F3N4O3/c1-17-27(36-22-8-6-5-7-21(22)30)19(15-33-28-25(31)23(38-3)13-24(39-4)26(28)32)16-35-29(17)34-14-18-9-11-20(37-2)12-10-18/h5-13,16,33H,14-15H2,1-4H3,(H2,34,35,36). The summed E-state index contributed by atoms with van der Waals surface area (Å²) < 4.78 is 59.6. The zero-order chi connectivity index (χ0) is 27.9. The molecule has 7 nitrogen and oxygen atoms in total. The topological polar surface area (TPSA) is 76.7 Å². The van der Waals surface area contributed by atoms with Gasteiger partial charge in [-0.1, -0.05) is 24.3 Å². The lowest BCUT2D eigenvalue weighted by Crippen LogP contribution is -2.11. The zero-order valence-corrected chi connectivity index (χ0v) is 22.0. The molecule has 0 aliphatic carbocycles. The van der Waals surface area contributed by atoms with Crippen LogP contribution in [0.1, 0.15) is 16.7 Å². The highest BCUT2D eigenvalue weighted by Gasteiger charge is 2.21. The van der Waals surface area contributed by atoms with Crippen molar-refractivity contribution in [1.82, 2.24) is 4.98 Å². The molecule has 0 fully saturated rings.